The average Bonchev–Trinajstić information content (AvgIpc) is 2.82. The highest BCUT2D eigenvalue weighted by molar-refractivity contribution is 5.38. The van der Waals surface area contributed by atoms with Crippen molar-refractivity contribution in [3.63, 3.8) is 0 Å². The summed E-state index contributed by atoms with van der Waals surface area (Å²) in [5.41, 5.74) is 1.23. The van der Waals surface area contributed by atoms with Crippen molar-refractivity contribution in [3.8, 4) is 0 Å². The smallest absolute Gasteiger partial charge is 0.134 e. The standard InChI is InChI=1S/C17H29N3/c1-6-9-18-15-11-14(17(3,4)5)19-16(20-15)13-8-7-12(2)10-13/h11-13H,6-10H2,1-5H3,(H,18,19,20). The summed E-state index contributed by atoms with van der Waals surface area (Å²) in [4.78, 5) is 9.66. The van der Waals surface area contributed by atoms with Gasteiger partial charge in [0.25, 0.3) is 0 Å². The predicted molar refractivity (Wildman–Crippen MR) is 85.3 cm³/mol. The van der Waals surface area contributed by atoms with E-state index < -0.39 is 0 Å². The minimum absolute atomic E-state index is 0.0740. The van der Waals surface area contributed by atoms with Crippen LogP contribution in [0.3, 0.4) is 0 Å². The maximum Gasteiger partial charge on any atom is 0.134 e. The van der Waals surface area contributed by atoms with Gasteiger partial charge < -0.3 is 5.32 Å². The molecule has 1 aromatic heterocycles. The van der Waals surface area contributed by atoms with Crippen LogP contribution < -0.4 is 5.32 Å². The monoisotopic (exact) mass is 275 g/mol. The second-order valence-corrected chi connectivity index (χ2v) is 7.29. The second kappa shape index (κ2) is 6.11. The van der Waals surface area contributed by atoms with E-state index in [2.05, 4.69) is 46.0 Å². The molecule has 1 heterocycles. The van der Waals surface area contributed by atoms with Crippen molar-refractivity contribution in [1.82, 2.24) is 9.97 Å². The lowest BCUT2D eigenvalue weighted by molar-refractivity contribution is 0.546. The summed E-state index contributed by atoms with van der Waals surface area (Å²) < 4.78 is 0. The van der Waals surface area contributed by atoms with Crippen molar-refractivity contribution < 1.29 is 0 Å². The summed E-state index contributed by atoms with van der Waals surface area (Å²) in [6.45, 7) is 12.2. The van der Waals surface area contributed by atoms with Gasteiger partial charge in [0.05, 0.1) is 5.69 Å². The van der Waals surface area contributed by atoms with Crippen LogP contribution in [0.4, 0.5) is 5.82 Å². The van der Waals surface area contributed by atoms with Crippen molar-refractivity contribution in [1.29, 1.82) is 0 Å². The number of nitrogens with zero attached hydrogens (tertiary/aromatic N) is 2. The van der Waals surface area contributed by atoms with Gasteiger partial charge in [0.1, 0.15) is 11.6 Å². The minimum Gasteiger partial charge on any atom is -0.370 e. The summed E-state index contributed by atoms with van der Waals surface area (Å²) in [5.74, 6) is 3.42. The molecule has 2 unspecified atom stereocenters. The third kappa shape index (κ3) is 3.71. The Morgan fingerprint density at radius 3 is 2.55 bits per heavy atom. The van der Waals surface area contributed by atoms with Gasteiger partial charge in [-0.05, 0) is 31.6 Å². The van der Waals surface area contributed by atoms with E-state index in [1.165, 1.54) is 19.3 Å². The Morgan fingerprint density at radius 2 is 2.00 bits per heavy atom. The molecule has 20 heavy (non-hydrogen) atoms. The van der Waals surface area contributed by atoms with Crippen molar-refractivity contribution in [2.24, 2.45) is 5.92 Å². The lowest BCUT2D eigenvalue weighted by Crippen LogP contribution is -2.18. The van der Waals surface area contributed by atoms with Gasteiger partial charge in [0.2, 0.25) is 0 Å². The van der Waals surface area contributed by atoms with Crippen molar-refractivity contribution in [2.75, 3.05) is 11.9 Å². The van der Waals surface area contributed by atoms with Crippen LogP contribution in [0.5, 0.6) is 0 Å². The molecule has 1 saturated carbocycles. The molecule has 1 aliphatic carbocycles. The van der Waals surface area contributed by atoms with Crippen LogP contribution in [0.2, 0.25) is 0 Å². The van der Waals surface area contributed by atoms with Crippen LogP contribution in [-0.4, -0.2) is 16.5 Å². The number of rotatable bonds is 4. The highest BCUT2D eigenvalue weighted by atomic mass is 15.0. The molecule has 1 aliphatic rings. The number of nitrogens with one attached hydrogen (secondary N) is 1. The van der Waals surface area contributed by atoms with Crippen LogP contribution in [0.15, 0.2) is 6.07 Å². The van der Waals surface area contributed by atoms with E-state index in [9.17, 15) is 0 Å². The Bertz CT molecular complexity index is 448. The third-order valence-corrected chi connectivity index (χ3v) is 4.13. The molecule has 3 heteroatoms. The Balaban J connectivity index is 2.30. The topological polar surface area (TPSA) is 37.8 Å². The lowest BCUT2D eigenvalue weighted by atomic mass is 9.91. The quantitative estimate of drug-likeness (QED) is 0.879. The fourth-order valence-electron chi connectivity index (χ4n) is 2.82. The zero-order valence-electron chi connectivity index (χ0n) is 13.7. The number of hydrogen-bond acceptors (Lipinski definition) is 3. The molecule has 1 N–H and O–H groups in total. The number of hydrogen-bond donors (Lipinski definition) is 1. The second-order valence-electron chi connectivity index (χ2n) is 7.29. The zero-order chi connectivity index (χ0) is 14.8. The summed E-state index contributed by atoms with van der Waals surface area (Å²) >= 11 is 0. The molecular formula is C17H29N3. The normalized spacial score (nSPS) is 23.1. The molecule has 0 saturated heterocycles. The van der Waals surface area contributed by atoms with E-state index in [-0.39, 0.29) is 5.41 Å². The van der Waals surface area contributed by atoms with Gasteiger partial charge in [-0.1, -0.05) is 34.6 Å². The van der Waals surface area contributed by atoms with Crippen LogP contribution >= 0.6 is 0 Å². The summed E-state index contributed by atoms with van der Waals surface area (Å²) in [6, 6.07) is 2.12. The Labute approximate surface area is 123 Å². The van der Waals surface area contributed by atoms with Crippen molar-refractivity contribution in [3.05, 3.63) is 17.6 Å². The lowest BCUT2D eigenvalue weighted by Gasteiger charge is -2.21. The fourth-order valence-corrected chi connectivity index (χ4v) is 2.82. The first-order chi connectivity index (χ1) is 9.40. The molecular weight excluding hydrogens is 246 g/mol. The van der Waals surface area contributed by atoms with E-state index in [1.54, 1.807) is 0 Å². The maximum atomic E-state index is 4.88. The summed E-state index contributed by atoms with van der Waals surface area (Å²) in [6.07, 6.45) is 4.90. The van der Waals surface area contributed by atoms with Gasteiger partial charge in [0.15, 0.2) is 0 Å². The van der Waals surface area contributed by atoms with E-state index in [0.717, 1.165) is 36.2 Å². The van der Waals surface area contributed by atoms with Gasteiger partial charge in [-0.25, -0.2) is 9.97 Å². The molecule has 0 radical (unpaired) electrons. The molecule has 0 bridgehead atoms. The van der Waals surface area contributed by atoms with Crippen molar-refractivity contribution >= 4 is 5.82 Å². The number of anilines is 1. The molecule has 2 atom stereocenters. The zero-order valence-corrected chi connectivity index (χ0v) is 13.7. The van der Waals surface area contributed by atoms with Crippen LogP contribution in [0.1, 0.15) is 77.7 Å². The Morgan fingerprint density at radius 1 is 1.25 bits per heavy atom. The van der Waals surface area contributed by atoms with E-state index in [0.29, 0.717) is 5.92 Å². The fraction of sp³-hybridized carbons (Fsp3) is 0.765. The molecule has 0 spiro atoms. The van der Waals surface area contributed by atoms with E-state index in [4.69, 9.17) is 9.97 Å². The van der Waals surface area contributed by atoms with Crippen molar-refractivity contribution in [2.45, 2.75) is 71.6 Å². The van der Waals surface area contributed by atoms with E-state index >= 15 is 0 Å². The van der Waals surface area contributed by atoms with Gasteiger partial charge in [0, 0.05) is 23.9 Å². The molecule has 0 aliphatic heterocycles. The Kier molecular flexibility index (Phi) is 4.66. The first-order valence-electron chi connectivity index (χ1n) is 8.03. The van der Waals surface area contributed by atoms with Gasteiger partial charge in [-0.2, -0.15) is 0 Å². The first-order valence-corrected chi connectivity index (χ1v) is 8.03. The Hall–Kier alpha value is -1.12. The largest absolute Gasteiger partial charge is 0.370 e. The SMILES string of the molecule is CCCNc1cc(C(C)(C)C)nc(C2CCC(C)C2)n1. The predicted octanol–water partition coefficient (Wildman–Crippen LogP) is 4.50. The van der Waals surface area contributed by atoms with Gasteiger partial charge in [-0.15, -0.1) is 0 Å². The molecule has 0 aromatic carbocycles. The minimum atomic E-state index is 0.0740. The van der Waals surface area contributed by atoms with E-state index in [1.807, 2.05) is 0 Å². The molecule has 1 fully saturated rings. The molecule has 2 rings (SSSR count). The maximum absolute atomic E-state index is 4.88. The van der Waals surface area contributed by atoms with Crippen LogP contribution in [0, 0.1) is 5.92 Å². The molecule has 0 amide bonds. The van der Waals surface area contributed by atoms with Crippen LogP contribution in [-0.2, 0) is 5.41 Å². The summed E-state index contributed by atoms with van der Waals surface area (Å²) in [7, 11) is 0. The highest BCUT2D eigenvalue weighted by Crippen LogP contribution is 2.37. The number of aromatic nitrogens is 2. The molecule has 112 valence electrons. The average molecular weight is 275 g/mol. The van der Waals surface area contributed by atoms with Gasteiger partial charge in [-0.3, -0.25) is 0 Å². The molecule has 1 aromatic rings. The molecule has 3 nitrogen and oxygen atoms in total. The highest BCUT2D eigenvalue weighted by Gasteiger charge is 2.27. The van der Waals surface area contributed by atoms with Crippen LogP contribution in [0.25, 0.3) is 0 Å². The summed E-state index contributed by atoms with van der Waals surface area (Å²) in [5, 5.41) is 3.43. The first kappa shape index (κ1) is 15.3. The third-order valence-electron chi connectivity index (χ3n) is 4.13. The van der Waals surface area contributed by atoms with Gasteiger partial charge >= 0.3 is 0 Å².